The third-order valence-electron chi connectivity index (χ3n) is 4.13. The van der Waals surface area contributed by atoms with Crippen LogP contribution < -0.4 is 0 Å². The Morgan fingerprint density at radius 1 is 1.52 bits per heavy atom. The first-order valence-corrected chi connectivity index (χ1v) is 10.3. The Balaban J connectivity index is 2.16. The summed E-state index contributed by atoms with van der Waals surface area (Å²) in [6.07, 6.45) is 0.540. The highest BCUT2D eigenvalue weighted by molar-refractivity contribution is 9.10. The summed E-state index contributed by atoms with van der Waals surface area (Å²) >= 11 is 3.08. The number of ether oxygens (including phenoxy) is 1. The van der Waals surface area contributed by atoms with Crippen LogP contribution in [0.5, 0.6) is 0 Å². The zero-order chi connectivity index (χ0) is 18.8. The molecule has 1 aliphatic rings. The van der Waals surface area contributed by atoms with Crippen molar-refractivity contribution < 1.29 is 27.2 Å². The van der Waals surface area contributed by atoms with Gasteiger partial charge in [0.15, 0.2) is 14.6 Å². The van der Waals surface area contributed by atoms with Gasteiger partial charge in [-0.25, -0.2) is 12.8 Å². The second-order valence-electron chi connectivity index (χ2n) is 6.03. The molecular weight excluding hydrogens is 417 g/mol. The molecule has 0 N–H and O–H groups in total. The van der Waals surface area contributed by atoms with Crippen LogP contribution in [-0.4, -0.2) is 43.8 Å². The quantitative estimate of drug-likeness (QED) is 0.641. The fourth-order valence-corrected chi connectivity index (χ4v) is 3.59. The smallest absolute Gasteiger partial charge is 0.327 e. The Kier molecular flexibility index (Phi) is 5.88. The molecule has 2 atom stereocenters. The zero-order valence-corrected chi connectivity index (χ0v) is 16.5. The molecule has 9 heteroatoms. The minimum Gasteiger partial charge on any atom is -0.465 e. The average molecular weight is 436 g/mol. The molecule has 1 aromatic rings. The molecule has 0 fully saturated rings. The highest BCUT2D eigenvalue weighted by Crippen LogP contribution is 2.30. The molecule has 0 radical (unpaired) electrons. The van der Waals surface area contributed by atoms with E-state index in [1.807, 2.05) is 0 Å². The molecule has 0 aliphatic carbocycles. The Hall–Kier alpha value is -1.48. The maximum Gasteiger partial charge on any atom is 0.327 e. The van der Waals surface area contributed by atoms with Crippen LogP contribution in [0.2, 0.25) is 0 Å². The van der Waals surface area contributed by atoms with Gasteiger partial charge in [-0.2, -0.15) is 0 Å². The van der Waals surface area contributed by atoms with E-state index in [1.165, 1.54) is 13.0 Å². The van der Waals surface area contributed by atoms with Crippen molar-refractivity contribution in [3.63, 3.8) is 0 Å². The molecule has 1 heterocycles. The first-order chi connectivity index (χ1) is 11.6. The van der Waals surface area contributed by atoms with Gasteiger partial charge in [0.05, 0.1) is 16.8 Å². The van der Waals surface area contributed by atoms with Gasteiger partial charge < -0.3 is 9.57 Å². The summed E-state index contributed by atoms with van der Waals surface area (Å²) in [7, 11) is -3.74. The molecule has 25 heavy (non-hydrogen) atoms. The van der Waals surface area contributed by atoms with Crippen LogP contribution in [0.1, 0.15) is 32.3 Å². The lowest BCUT2D eigenvalue weighted by Gasteiger charge is -2.27. The van der Waals surface area contributed by atoms with Gasteiger partial charge in [-0.15, -0.1) is 0 Å². The molecule has 0 bridgehead atoms. The standard InChI is InChI=1S/C16H19BrFNO5S/c1-4-23-15(20)16(2,25(3,21)22)9-11-8-14(19-24-11)10-5-6-12(17)13(18)7-10/h5-7,11H,4,8-9H2,1-3H3. The average Bonchev–Trinajstić information content (AvgIpc) is 2.97. The molecule has 1 aromatic carbocycles. The van der Waals surface area contributed by atoms with E-state index in [2.05, 4.69) is 21.1 Å². The Bertz CT molecular complexity index is 811. The molecule has 2 unspecified atom stereocenters. The number of carbonyl (C=O) groups is 1. The highest BCUT2D eigenvalue weighted by atomic mass is 79.9. The molecule has 1 aliphatic heterocycles. The van der Waals surface area contributed by atoms with Gasteiger partial charge in [0, 0.05) is 24.7 Å². The highest BCUT2D eigenvalue weighted by Gasteiger charge is 2.48. The van der Waals surface area contributed by atoms with Crippen molar-refractivity contribution >= 4 is 37.4 Å². The minimum absolute atomic E-state index is 0.0788. The lowest BCUT2D eigenvalue weighted by atomic mass is 9.97. The van der Waals surface area contributed by atoms with Crippen molar-refractivity contribution in [2.24, 2.45) is 5.16 Å². The van der Waals surface area contributed by atoms with E-state index in [1.54, 1.807) is 19.1 Å². The van der Waals surface area contributed by atoms with Crippen molar-refractivity contribution in [2.75, 3.05) is 12.9 Å². The van der Waals surface area contributed by atoms with Gasteiger partial charge >= 0.3 is 5.97 Å². The predicted octanol–water partition coefficient (Wildman–Crippen LogP) is 2.84. The van der Waals surface area contributed by atoms with E-state index in [4.69, 9.17) is 9.57 Å². The summed E-state index contributed by atoms with van der Waals surface area (Å²) in [6.45, 7) is 3.01. The maximum atomic E-state index is 13.7. The summed E-state index contributed by atoms with van der Waals surface area (Å²) in [5.74, 6) is -1.25. The minimum atomic E-state index is -3.74. The Labute approximate surface area is 154 Å². The summed E-state index contributed by atoms with van der Waals surface area (Å²) in [5, 5.41) is 3.92. The molecule has 6 nitrogen and oxygen atoms in total. The fourth-order valence-electron chi connectivity index (χ4n) is 2.49. The first-order valence-electron chi connectivity index (χ1n) is 7.63. The van der Waals surface area contributed by atoms with Gasteiger partial charge in [0.1, 0.15) is 11.9 Å². The molecule has 0 saturated carbocycles. The second kappa shape index (κ2) is 7.41. The molecule has 0 aromatic heterocycles. The number of esters is 1. The van der Waals surface area contributed by atoms with E-state index < -0.39 is 32.5 Å². The van der Waals surface area contributed by atoms with E-state index >= 15 is 0 Å². The van der Waals surface area contributed by atoms with Crippen LogP contribution in [0, 0.1) is 5.82 Å². The SMILES string of the molecule is CCOC(=O)C(C)(CC1CC(c2ccc(Br)c(F)c2)=NO1)S(C)(=O)=O. The lowest BCUT2D eigenvalue weighted by molar-refractivity contribution is -0.146. The molecule has 2 rings (SSSR count). The Morgan fingerprint density at radius 2 is 2.20 bits per heavy atom. The van der Waals surface area contributed by atoms with E-state index in [0.29, 0.717) is 15.7 Å². The molecule has 138 valence electrons. The van der Waals surface area contributed by atoms with E-state index in [-0.39, 0.29) is 19.4 Å². The van der Waals surface area contributed by atoms with Crippen LogP contribution >= 0.6 is 15.9 Å². The molecule has 0 amide bonds. The van der Waals surface area contributed by atoms with Crippen molar-refractivity contribution in [1.82, 2.24) is 0 Å². The largest absolute Gasteiger partial charge is 0.465 e. The summed E-state index contributed by atoms with van der Waals surface area (Å²) in [4.78, 5) is 17.5. The monoisotopic (exact) mass is 435 g/mol. The van der Waals surface area contributed by atoms with Gasteiger partial charge in [-0.1, -0.05) is 11.2 Å². The Morgan fingerprint density at radius 3 is 2.76 bits per heavy atom. The molecule has 0 saturated heterocycles. The van der Waals surface area contributed by atoms with Crippen LogP contribution in [0.15, 0.2) is 27.8 Å². The normalized spacial score (nSPS) is 19.7. The maximum absolute atomic E-state index is 13.7. The lowest BCUT2D eigenvalue weighted by Crippen LogP contribution is -2.47. The van der Waals surface area contributed by atoms with Crippen LogP contribution in [0.3, 0.4) is 0 Å². The van der Waals surface area contributed by atoms with E-state index in [9.17, 15) is 17.6 Å². The number of rotatable bonds is 6. The van der Waals surface area contributed by atoms with Gasteiger partial charge in [-0.3, -0.25) is 4.79 Å². The number of sulfone groups is 1. The van der Waals surface area contributed by atoms with Crippen LogP contribution in [0.4, 0.5) is 4.39 Å². The van der Waals surface area contributed by atoms with Crippen LogP contribution in [0.25, 0.3) is 0 Å². The van der Waals surface area contributed by atoms with Gasteiger partial charge in [0.25, 0.3) is 0 Å². The predicted molar refractivity (Wildman–Crippen MR) is 94.6 cm³/mol. The number of carbonyl (C=O) groups excluding carboxylic acids is 1. The summed E-state index contributed by atoms with van der Waals surface area (Å²) < 4.78 is 41.5. The number of oxime groups is 1. The third-order valence-corrected chi connectivity index (χ3v) is 6.74. The first kappa shape index (κ1) is 19.8. The number of nitrogens with zero attached hydrogens (tertiary/aromatic N) is 1. The fraction of sp³-hybridized carbons (Fsp3) is 0.500. The van der Waals surface area contributed by atoms with Gasteiger partial charge in [0.2, 0.25) is 0 Å². The number of halogens is 2. The molecular formula is C16H19BrFNO5S. The summed E-state index contributed by atoms with van der Waals surface area (Å²) in [6, 6.07) is 4.55. The topological polar surface area (TPSA) is 82.0 Å². The van der Waals surface area contributed by atoms with Crippen molar-refractivity contribution in [3.05, 3.63) is 34.1 Å². The summed E-state index contributed by atoms with van der Waals surface area (Å²) in [5.41, 5.74) is 1.04. The number of benzene rings is 1. The number of hydrogen-bond donors (Lipinski definition) is 0. The third kappa shape index (κ3) is 4.20. The number of hydrogen-bond acceptors (Lipinski definition) is 6. The van der Waals surface area contributed by atoms with Crippen molar-refractivity contribution in [2.45, 2.75) is 37.5 Å². The molecule has 0 spiro atoms. The van der Waals surface area contributed by atoms with E-state index in [0.717, 1.165) is 6.26 Å². The van der Waals surface area contributed by atoms with Crippen molar-refractivity contribution in [3.8, 4) is 0 Å². The van der Waals surface area contributed by atoms with Crippen LogP contribution in [-0.2, 0) is 24.2 Å². The van der Waals surface area contributed by atoms with Crippen molar-refractivity contribution in [1.29, 1.82) is 0 Å². The zero-order valence-electron chi connectivity index (χ0n) is 14.1. The second-order valence-corrected chi connectivity index (χ2v) is 9.33. The van der Waals surface area contributed by atoms with Gasteiger partial charge in [-0.05, 0) is 41.9 Å².